The van der Waals surface area contributed by atoms with Crippen molar-refractivity contribution in [2.24, 2.45) is 5.92 Å². The molecule has 4 aromatic rings. The van der Waals surface area contributed by atoms with Gasteiger partial charge in [-0.2, -0.15) is 0 Å². The first-order valence-electron chi connectivity index (χ1n) is 15.3. The van der Waals surface area contributed by atoms with E-state index in [1.165, 1.54) is 0 Å². The van der Waals surface area contributed by atoms with Crippen LogP contribution >= 0.6 is 0 Å². The van der Waals surface area contributed by atoms with E-state index in [2.05, 4.69) is 29.1 Å². The highest BCUT2D eigenvalue weighted by Gasteiger charge is 2.24. The van der Waals surface area contributed by atoms with Crippen LogP contribution in [-0.2, 0) is 24.4 Å². The van der Waals surface area contributed by atoms with Gasteiger partial charge in [0.05, 0.1) is 6.42 Å². The number of fused-ring (bicyclic) bond motifs is 1. The van der Waals surface area contributed by atoms with Crippen LogP contribution in [0.2, 0.25) is 0 Å². The molecule has 0 unspecified atom stereocenters. The molecule has 44 heavy (non-hydrogen) atoms. The van der Waals surface area contributed by atoms with Crippen LogP contribution in [-0.4, -0.2) is 64.7 Å². The molecule has 0 radical (unpaired) electrons. The predicted octanol–water partition coefficient (Wildman–Crippen LogP) is 5.54. The number of carbonyl (C=O) groups is 2. The maximum atomic E-state index is 14.0. The van der Waals surface area contributed by atoms with E-state index in [0.29, 0.717) is 54.7 Å². The molecule has 0 saturated heterocycles. The third-order valence-corrected chi connectivity index (χ3v) is 7.82. The van der Waals surface area contributed by atoms with Gasteiger partial charge in [0.1, 0.15) is 23.7 Å². The van der Waals surface area contributed by atoms with Crippen LogP contribution in [0.15, 0.2) is 83.5 Å². The quantitative estimate of drug-likeness (QED) is 0.264. The Hall–Kier alpha value is -4.50. The fraction of sp³-hybridized carbons (Fsp3) is 0.371. The van der Waals surface area contributed by atoms with Crippen molar-refractivity contribution < 1.29 is 19.0 Å². The van der Waals surface area contributed by atoms with Crippen LogP contribution in [0.3, 0.4) is 0 Å². The van der Waals surface area contributed by atoms with Crippen molar-refractivity contribution in [2.45, 2.75) is 46.8 Å². The average Bonchev–Trinajstić information content (AvgIpc) is 3.43. The second-order valence-corrected chi connectivity index (χ2v) is 11.7. The Morgan fingerprint density at radius 3 is 2.36 bits per heavy atom. The number of hydrogen-bond acceptors (Lipinski definition) is 7. The lowest BCUT2D eigenvalue weighted by atomic mass is 10.1. The van der Waals surface area contributed by atoms with Crippen molar-refractivity contribution >= 4 is 17.5 Å². The summed E-state index contributed by atoms with van der Waals surface area (Å²) in [5.74, 6) is 1.11. The summed E-state index contributed by atoms with van der Waals surface area (Å²) >= 11 is 0. The van der Waals surface area contributed by atoms with Crippen LogP contribution in [0.1, 0.15) is 53.1 Å². The topological polar surface area (TPSA) is 92.0 Å². The molecular weight excluding hydrogens is 554 g/mol. The fourth-order valence-electron chi connectivity index (χ4n) is 5.55. The van der Waals surface area contributed by atoms with Gasteiger partial charge in [-0.3, -0.25) is 9.59 Å². The monoisotopic (exact) mass is 595 g/mol. The van der Waals surface area contributed by atoms with Gasteiger partial charge >= 0.3 is 0 Å². The molecule has 1 aliphatic rings. The van der Waals surface area contributed by atoms with E-state index >= 15 is 0 Å². The molecule has 2 amide bonds. The zero-order valence-electron chi connectivity index (χ0n) is 25.8. The number of aromatic nitrogens is 2. The Labute approximate surface area is 259 Å². The van der Waals surface area contributed by atoms with Crippen molar-refractivity contribution in [3.05, 3.63) is 107 Å². The van der Waals surface area contributed by atoms with Gasteiger partial charge in [0.25, 0.3) is 5.91 Å². The largest absolute Gasteiger partial charge is 0.487 e. The summed E-state index contributed by atoms with van der Waals surface area (Å²) in [4.78, 5) is 34.0. The molecule has 2 heterocycles. The minimum atomic E-state index is -0.0613. The summed E-state index contributed by atoms with van der Waals surface area (Å²) in [5.41, 5.74) is 4.71. The molecule has 1 aromatic heterocycles. The predicted molar refractivity (Wildman–Crippen MR) is 169 cm³/mol. The molecule has 9 nitrogen and oxygen atoms in total. The molecule has 0 bridgehead atoms. The zero-order chi connectivity index (χ0) is 30.9. The van der Waals surface area contributed by atoms with E-state index in [1.54, 1.807) is 24.3 Å². The Bertz CT molecular complexity index is 1520. The first-order valence-corrected chi connectivity index (χ1v) is 15.3. The summed E-state index contributed by atoms with van der Waals surface area (Å²) in [6, 6.07) is 25.0. The van der Waals surface area contributed by atoms with Gasteiger partial charge in [-0.1, -0.05) is 72.7 Å². The Kier molecular flexibility index (Phi) is 10.4. The van der Waals surface area contributed by atoms with Crippen molar-refractivity contribution in [1.29, 1.82) is 0 Å². The molecule has 5 rings (SSSR count). The molecule has 3 aromatic carbocycles. The van der Waals surface area contributed by atoms with Gasteiger partial charge in [-0.05, 0) is 67.3 Å². The molecule has 0 spiro atoms. The molecule has 0 N–H and O–H groups in total. The number of para-hydroxylation sites is 1. The van der Waals surface area contributed by atoms with Crippen LogP contribution in [0, 0.1) is 12.8 Å². The van der Waals surface area contributed by atoms with Crippen molar-refractivity contribution in [2.75, 3.05) is 37.6 Å². The Balaban J connectivity index is 1.39. The fourth-order valence-corrected chi connectivity index (χ4v) is 5.55. The number of hydrogen-bond donors (Lipinski definition) is 0. The van der Waals surface area contributed by atoms with E-state index in [9.17, 15) is 9.59 Å². The Morgan fingerprint density at radius 1 is 0.886 bits per heavy atom. The van der Waals surface area contributed by atoms with Gasteiger partial charge < -0.3 is 19.4 Å². The van der Waals surface area contributed by atoms with E-state index in [4.69, 9.17) is 9.37 Å². The van der Waals surface area contributed by atoms with E-state index in [1.807, 2.05) is 71.3 Å². The third-order valence-electron chi connectivity index (χ3n) is 7.82. The molecule has 0 atom stereocenters. The molecule has 9 heteroatoms. The number of amides is 2. The van der Waals surface area contributed by atoms with Gasteiger partial charge in [0, 0.05) is 44.0 Å². The van der Waals surface area contributed by atoms with Gasteiger partial charge in [0.2, 0.25) is 5.91 Å². The first kappa shape index (κ1) is 30.9. The van der Waals surface area contributed by atoms with Gasteiger partial charge in [0.15, 0.2) is 0 Å². The molecule has 1 aliphatic heterocycles. The van der Waals surface area contributed by atoms with Crippen molar-refractivity contribution in [3.8, 4) is 5.75 Å². The minimum absolute atomic E-state index is 0.0587. The number of benzene rings is 3. The lowest BCUT2D eigenvalue weighted by Crippen LogP contribution is -2.40. The molecular formula is C35H41N5O4. The zero-order valence-corrected chi connectivity index (χ0v) is 25.8. The second-order valence-electron chi connectivity index (χ2n) is 11.7. The number of aryl methyl sites for hydroxylation is 1. The number of carbonyl (C=O) groups excluding carboxylic acids is 2. The van der Waals surface area contributed by atoms with Gasteiger partial charge in [-0.15, -0.1) is 0 Å². The van der Waals surface area contributed by atoms with E-state index < -0.39 is 0 Å². The van der Waals surface area contributed by atoms with Crippen molar-refractivity contribution in [1.82, 2.24) is 20.1 Å². The number of nitrogens with zero attached hydrogens (tertiary/aromatic N) is 5. The molecule has 230 valence electrons. The smallest absolute Gasteiger partial charge is 0.254 e. The number of rotatable bonds is 8. The molecule has 0 fully saturated rings. The van der Waals surface area contributed by atoms with Crippen LogP contribution in [0.5, 0.6) is 5.75 Å². The third kappa shape index (κ3) is 8.11. The van der Waals surface area contributed by atoms with Crippen LogP contribution in [0.4, 0.5) is 5.69 Å². The highest BCUT2D eigenvalue weighted by atomic mass is 16.6. The lowest BCUT2D eigenvalue weighted by Gasteiger charge is -2.29. The highest BCUT2D eigenvalue weighted by molar-refractivity contribution is 5.96. The van der Waals surface area contributed by atoms with Crippen LogP contribution in [0.25, 0.3) is 0 Å². The second kappa shape index (κ2) is 14.8. The summed E-state index contributed by atoms with van der Waals surface area (Å²) in [6.45, 7) is 10.6. The van der Waals surface area contributed by atoms with E-state index in [-0.39, 0.29) is 18.4 Å². The Morgan fingerprint density at radius 2 is 1.64 bits per heavy atom. The molecule has 0 aliphatic carbocycles. The van der Waals surface area contributed by atoms with Crippen LogP contribution < -0.4 is 9.64 Å². The number of anilines is 1. The summed E-state index contributed by atoms with van der Waals surface area (Å²) < 4.78 is 10.6. The average molecular weight is 596 g/mol. The maximum Gasteiger partial charge on any atom is 0.254 e. The number of ether oxygens (including phenoxy) is 1. The summed E-state index contributed by atoms with van der Waals surface area (Å²) in [5, 5.41) is 7.63. The minimum Gasteiger partial charge on any atom is -0.487 e. The summed E-state index contributed by atoms with van der Waals surface area (Å²) in [6.07, 6.45) is 1.18. The SMILES string of the molecule is Cc1nonc1COc1ccc(C(=O)N2CCN(CC(C)C)CCCN(C(=O)Cc3ccccc3)c3ccccc3C2)cc1. The standard InChI is InChI=1S/C35H41N5O4/c1-26(2)23-38-18-9-19-40(34(41)22-28-10-5-4-6-11-28)33-13-8-7-12-30(33)24-39(21-20-38)35(42)29-14-16-31(17-15-29)43-25-32-27(3)36-44-37-32/h4-8,10-17,26H,9,18-25H2,1-3H3. The maximum absolute atomic E-state index is 14.0. The molecule has 0 saturated carbocycles. The normalized spacial score (nSPS) is 14.6. The van der Waals surface area contributed by atoms with Crippen molar-refractivity contribution in [3.63, 3.8) is 0 Å². The van der Waals surface area contributed by atoms with E-state index in [0.717, 1.165) is 42.9 Å². The highest BCUT2D eigenvalue weighted by Crippen LogP contribution is 2.26. The lowest BCUT2D eigenvalue weighted by molar-refractivity contribution is -0.118. The van der Waals surface area contributed by atoms with Gasteiger partial charge in [-0.25, -0.2) is 4.63 Å². The summed E-state index contributed by atoms with van der Waals surface area (Å²) in [7, 11) is 0. The first-order chi connectivity index (χ1) is 21.4.